The number of nitrogens with zero attached hydrogens (tertiary/aromatic N) is 17. The van der Waals surface area contributed by atoms with Crippen LogP contribution >= 0.6 is 15.9 Å². The molecule has 2 N–H and O–H groups in total. The van der Waals surface area contributed by atoms with Crippen LogP contribution in [0, 0.1) is 34.0 Å². The summed E-state index contributed by atoms with van der Waals surface area (Å²) in [5.74, 6) is 0.140. The molecule has 5 amide bonds. The Labute approximate surface area is 798 Å². The Balaban J connectivity index is 0.000000134. The maximum atomic E-state index is 13.9. The normalized spacial score (nSPS) is 16.8. The van der Waals surface area contributed by atoms with E-state index in [4.69, 9.17) is 29.3 Å². The molecule has 7 fully saturated rings. The highest BCUT2D eigenvalue weighted by Crippen LogP contribution is 2.40. The van der Waals surface area contributed by atoms with Crippen LogP contribution < -0.4 is 30.8 Å². The fraction of sp³-hybridized carbons (Fsp3) is 0.381. The number of imidazole rings is 3. The van der Waals surface area contributed by atoms with Gasteiger partial charge >= 0.3 is 19.3 Å². The number of nitriles is 3. The number of rotatable bonds is 12. The van der Waals surface area contributed by atoms with Crippen molar-refractivity contribution in [1.29, 1.82) is 15.8 Å². The van der Waals surface area contributed by atoms with Gasteiger partial charge < -0.3 is 73.0 Å². The van der Waals surface area contributed by atoms with Gasteiger partial charge in [0, 0.05) is 171 Å². The molecule has 0 spiro atoms. The SMILES string of the molecule is CC(C)(C)OC(=O)N1CCN(C(=O)c2ccc(-c3ccc4ncc(-c5ccc(C#N)cc5)n4c3)cc2N2CCCCC2)CC1.CC(C)(C)OC(=O)N1CCN(C(=O)c2ccc(Br)cc2N2CCCCC2)CC1.CC1(C)OB(c2ccc3ncc(-c4ccc(C#N)cc4)n3c2)OC1(C)C.N#Cc1ccc(-c2cnc3ccc(-c4ccc(C(=O)N5CCNCC5)c(N5CCNCC5)c4)cn23)cc1. The summed E-state index contributed by atoms with van der Waals surface area (Å²) in [5.41, 5.74) is 18.8. The minimum absolute atomic E-state index is 0.00544. The van der Waals surface area contributed by atoms with Crippen molar-refractivity contribution in [3.63, 3.8) is 0 Å². The molecule has 7 aliphatic rings. The highest BCUT2D eigenvalue weighted by atomic mass is 79.9. The van der Waals surface area contributed by atoms with E-state index in [0.717, 1.165) is 215 Å². The first kappa shape index (κ1) is 94.8. The van der Waals surface area contributed by atoms with Gasteiger partial charge in [0.15, 0.2) is 0 Å². The molecular weight excluding hydrogens is 1760 g/mol. The van der Waals surface area contributed by atoms with Gasteiger partial charge in [-0.1, -0.05) is 70.5 Å². The number of aromatic nitrogens is 6. The van der Waals surface area contributed by atoms with Gasteiger partial charge in [0.1, 0.15) is 28.1 Å². The Morgan fingerprint density at radius 3 is 1.05 bits per heavy atom. The van der Waals surface area contributed by atoms with E-state index in [1.165, 1.54) is 12.8 Å². The van der Waals surface area contributed by atoms with Crippen molar-refractivity contribution in [2.75, 3.05) is 146 Å². The molecule has 7 saturated heterocycles. The lowest BCUT2D eigenvalue weighted by Crippen LogP contribution is -2.51. The molecule has 13 heterocycles. The summed E-state index contributed by atoms with van der Waals surface area (Å²) in [6, 6.07) is 59.4. The number of piperidine rings is 2. The lowest BCUT2D eigenvalue weighted by Gasteiger charge is -2.37. The summed E-state index contributed by atoms with van der Waals surface area (Å²) >= 11 is 3.55. The van der Waals surface area contributed by atoms with Crippen LogP contribution in [-0.2, 0) is 18.8 Å². The van der Waals surface area contributed by atoms with Crippen LogP contribution in [0.15, 0.2) is 205 Å². The first-order chi connectivity index (χ1) is 65.0. The van der Waals surface area contributed by atoms with E-state index in [9.17, 15) is 29.2 Å². The zero-order valence-corrected chi connectivity index (χ0v) is 80.3. The highest BCUT2D eigenvalue weighted by molar-refractivity contribution is 9.10. The predicted octanol–water partition coefficient (Wildman–Crippen LogP) is 16.5. The standard InChI is InChI=1S/C35H38N6O3.C29H29N7O.C21H30BrN3O3.C20H20BN3O2/c1-35(2,3)44-34(43)40-19-17-39(18-20-40)33(42)29-13-11-27(21-30(29)38-15-5-4-6-16-38)28-12-14-32-37-23-31(41(32)24-28)26-9-7-25(22-36)8-10-26;30-18-21-1-3-22(4-2-21)27-19-33-28-8-6-24(20-36(27)28)23-5-7-25(29(37)35-15-11-32-12-16-35)26(17-23)34-13-9-31-10-14-34;1-21(2,3)28-20(27)25-13-11-24(12-14-25)19(26)17-8-7-16(22)15-18(17)23-9-5-4-6-10-23;1-19(2)20(3,4)26-21(25-19)16-9-10-18-23-12-17(24(18)13-16)15-7-5-14(11-22)6-8-15/h7-14,21,23-24H,4-6,15-20H2,1-3H3;1-8,17,19-20,31-32H,9-16H2;7-8,15H,4-6,9-14H2,1-3H3;5-10,12-13H,1-4H3. The van der Waals surface area contributed by atoms with Gasteiger partial charge in [-0.15, -0.1) is 0 Å². The molecule has 0 unspecified atom stereocenters. The van der Waals surface area contributed by atoms with E-state index in [1.807, 2.05) is 241 Å². The lowest BCUT2D eigenvalue weighted by atomic mass is 9.80. The van der Waals surface area contributed by atoms with Crippen LogP contribution in [0.4, 0.5) is 26.7 Å². The van der Waals surface area contributed by atoms with Crippen LogP contribution in [0.25, 0.3) is 73.0 Å². The second-order valence-electron chi connectivity index (χ2n) is 38.1. The number of nitrogens with one attached hydrogen (secondary N) is 2. The van der Waals surface area contributed by atoms with Gasteiger partial charge in [-0.3, -0.25) is 23.2 Å². The summed E-state index contributed by atoms with van der Waals surface area (Å²) in [5, 5.41) is 34.0. The summed E-state index contributed by atoms with van der Waals surface area (Å²) in [4.78, 5) is 95.2. The topological polar surface area (TPSA) is 296 Å². The summed E-state index contributed by atoms with van der Waals surface area (Å²) in [7, 11) is -0.416. The van der Waals surface area contributed by atoms with Gasteiger partial charge in [0.25, 0.3) is 17.7 Å². The lowest BCUT2D eigenvalue weighted by molar-refractivity contribution is 0.00578. The summed E-state index contributed by atoms with van der Waals surface area (Å²) < 4.78 is 30.5. The third-order valence-corrected chi connectivity index (χ3v) is 26.5. The Bertz CT molecular complexity index is 6420. The summed E-state index contributed by atoms with van der Waals surface area (Å²) in [6.45, 7) is 33.7. The third kappa shape index (κ3) is 22.2. The number of ether oxygens (including phenoxy) is 2. The van der Waals surface area contributed by atoms with Crippen LogP contribution in [0.3, 0.4) is 0 Å². The Morgan fingerprint density at radius 2 is 0.681 bits per heavy atom. The molecule has 19 rings (SSSR count). The van der Waals surface area contributed by atoms with Crippen molar-refractivity contribution in [3.8, 4) is 74.2 Å². The van der Waals surface area contributed by atoms with Gasteiger partial charge in [0.05, 0.1) is 116 Å². The van der Waals surface area contributed by atoms with Crippen LogP contribution in [-0.4, -0.2) is 243 Å². The van der Waals surface area contributed by atoms with Crippen molar-refractivity contribution in [3.05, 3.63) is 239 Å². The van der Waals surface area contributed by atoms with Crippen molar-refractivity contribution < 1.29 is 42.8 Å². The van der Waals surface area contributed by atoms with E-state index >= 15 is 0 Å². The number of halogens is 1. The second kappa shape index (κ2) is 41.2. The molecule has 0 saturated carbocycles. The van der Waals surface area contributed by atoms with Crippen molar-refractivity contribution in [2.45, 2.75) is 130 Å². The van der Waals surface area contributed by atoms with E-state index in [-0.39, 0.29) is 41.1 Å². The monoisotopic (exact) mass is 1880 g/mol. The Hall–Kier alpha value is -13.4. The maximum absolute atomic E-state index is 13.9. The number of hydrogen-bond acceptors (Lipinski definition) is 20. The average molecular weight is 1880 g/mol. The number of carbonyl (C=O) groups excluding carboxylic acids is 5. The third-order valence-electron chi connectivity index (χ3n) is 26.0. The second-order valence-corrected chi connectivity index (χ2v) is 39.0. The Morgan fingerprint density at radius 1 is 0.370 bits per heavy atom. The number of anilines is 3. The van der Waals surface area contributed by atoms with E-state index in [2.05, 4.69) is 132 Å². The van der Waals surface area contributed by atoms with Crippen molar-refractivity contribution in [2.24, 2.45) is 0 Å². The Kier molecular flexibility index (Phi) is 28.9. The van der Waals surface area contributed by atoms with Gasteiger partial charge in [0.2, 0.25) is 0 Å². The molecular formula is C105H117BBrN19O9. The number of amides is 5. The molecule has 6 aromatic heterocycles. The van der Waals surface area contributed by atoms with Gasteiger partial charge in [-0.25, -0.2) is 24.5 Å². The van der Waals surface area contributed by atoms with Gasteiger partial charge in [-0.2, -0.15) is 15.8 Å². The van der Waals surface area contributed by atoms with Crippen LogP contribution in [0.5, 0.6) is 0 Å². The quantitative estimate of drug-likeness (QED) is 0.107. The number of pyridine rings is 3. The molecule has 6 aromatic carbocycles. The van der Waals surface area contributed by atoms with E-state index < -0.39 is 18.3 Å². The van der Waals surface area contributed by atoms with Gasteiger partial charge in [-0.05, 0) is 245 Å². The number of piperazine rings is 4. The van der Waals surface area contributed by atoms with Crippen molar-refractivity contribution >= 4 is 92.4 Å². The molecule has 7 aliphatic heterocycles. The first-order valence-electron chi connectivity index (χ1n) is 46.8. The molecule has 696 valence electrons. The van der Waals surface area contributed by atoms with Crippen molar-refractivity contribution in [1.82, 2.24) is 63.3 Å². The van der Waals surface area contributed by atoms with E-state index in [0.29, 0.717) is 74.6 Å². The fourth-order valence-electron chi connectivity index (χ4n) is 17.9. The van der Waals surface area contributed by atoms with E-state index in [1.54, 1.807) is 9.80 Å². The maximum Gasteiger partial charge on any atom is 0.496 e. The van der Waals surface area contributed by atoms with Crippen LogP contribution in [0.2, 0.25) is 0 Å². The molecule has 0 atom stereocenters. The molecule has 0 bridgehead atoms. The number of fused-ring (bicyclic) bond motifs is 3. The van der Waals surface area contributed by atoms with Crippen LogP contribution in [0.1, 0.15) is 156 Å². The molecule has 12 aromatic rings. The molecule has 28 nitrogen and oxygen atoms in total. The summed E-state index contributed by atoms with van der Waals surface area (Å²) in [6.07, 6.45) is 18.1. The minimum atomic E-state index is -0.553. The zero-order valence-electron chi connectivity index (χ0n) is 78.7. The molecule has 0 aliphatic carbocycles. The molecule has 135 heavy (non-hydrogen) atoms. The number of carbonyl (C=O) groups is 5. The molecule has 30 heteroatoms. The predicted molar refractivity (Wildman–Crippen MR) is 530 cm³/mol. The first-order valence-corrected chi connectivity index (χ1v) is 47.6. The average Bonchev–Trinajstić information content (AvgIpc) is 1.64. The smallest absolute Gasteiger partial charge is 0.444 e. The largest absolute Gasteiger partial charge is 0.496 e. The zero-order chi connectivity index (χ0) is 94.9. The highest BCUT2D eigenvalue weighted by Gasteiger charge is 2.52. The number of hydrogen-bond donors (Lipinski definition) is 2. The minimum Gasteiger partial charge on any atom is -0.444 e. The molecule has 0 radical (unpaired) electrons. The fourth-order valence-corrected chi connectivity index (χ4v) is 18.2. The number of benzene rings is 6.